The maximum atomic E-state index is 13.8. The van der Waals surface area contributed by atoms with Crippen molar-refractivity contribution in [3.8, 4) is 0 Å². The number of carbonyl (C=O) groups excluding carboxylic acids is 1. The van der Waals surface area contributed by atoms with E-state index in [4.69, 9.17) is 21.3 Å². The van der Waals surface area contributed by atoms with Crippen LogP contribution in [0.2, 0.25) is 5.02 Å². The van der Waals surface area contributed by atoms with Crippen LogP contribution in [-0.4, -0.2) is 56.0 Å². The highest BCUT2D eigenvalue weighted by atomic mass is 35.5. The molecule has 2 atom stereocenters. The number of ether oxygens (including phenoxy) is 1. The molecule has 3 aromatic rings. The minimum atomic E-state index is -3.66. The number of piperidine rings is 1. The number of aromatic nitrogens is 1. The molecule has 2 aliphatic rings. The van der Waals surface area contributed by atoms with Gasteiger partial charge in [-0.25, -0.2) is 13.4 Å². The normalized spacial score (nSPS) is 21.7. The second-order valence-electron chi connectivity index (χ2n) is 8.68. The lowest BCUT2D eigenvalue weighted by Gasteiger charge is -2.34. The van der Waals surface area contributed by atoms with Crippen LogP contribution >= 0.6 is 22.9 Å². The number of para-hydroxylation sites is 1. The molecule has 34 heavy (non-hydrogen) atoms. The highest BCUT2D eigenvalue weighted by Gasteiger charge is 2.37. The molecule has 7 nitrogen and oxygen atoms in total. The first-order chi connectivity index (χ1) is 16.4. The standard InChI is InChI=1S/C24H26ClN3O4S2/c25-20-11-4-12-21-22(20)26-24(33-21)28(16-18-8-6-14-32-18)23(29)17-7-5-13-27(15-17)34(30,31)19-9-2-1-3-10-19/h1-4,9-12,17-18H,5-8,13-16H2. The molecule has 0 saturated carbocycles. The van der Waals surface area contributed by atoms with Gasteiger partial charge in [-0.3, -0.25) is 9.69 Å². The van der Waals surface area contributed by atoms with Gasteiger partial charge in [0.25, 0.3) is 0 Å². The number of hydrogen-bond donors (Lipinski definition) is 0. The van der Waals surface area contributed by atoms with Gasteiger partial charge in [0.1, 0.15) is 5.52 Å². The number of thiazole rings is 1. The minimum absolute atomic E-state index is 0.0563. The van der Waals surface area contributed by atoms with E-state index >= 15 is 0 Å². The third-order valence-corrected chi connectivity index (χ3v) is 9.61. The Balaban J connectivity index is 1.42. The Morgan fingerprint density at radius 2 is 1.97 bits per heavy atom. The van der Waals surface area contributed by atoms with Crippen molar-refractivity contribution < 1.29 is 17.9 Å². The summed E-state index contributed by atoms with van der Waals surface area (Å²) in [5.74, 6) is -0.560. The summed E-state index contributed by atoms with van der Waals surface area (Å²) in [5, 5.41) is 1.12. The first-order valence-electron chi connectivity index (χ1n) is 11.5. The molecule has 10 heteroatoms. The van der Waals surface area contributed by atoms with Gasteiger partial charge in [-0.05, 0) is 49.9 Å². The quantitative estimate of drug-likeness (QED) is 0.477. The minimum Gasteiger partial charge on any atom is -0.376 e. The molecule has 0 aliphatic carbocycles. The molecule has 2 aliphatic heterocycles. The molecule has 2 saturated heterocycles. The van der Waals surface area contributed by atoms with E-state index in [0.29, 0.717) is 48.2 Å². The Kier molecular flexibility index (Phi) is 6.90. The molecule has 2 aromatic carbocycles. The molecule has 180 valence electrons. The Morgan fingerprint density at radius 1 is 1.15 bits per heavy atom. The molecular formula is C24H26ClN3O4S2. The summed E-state index contributed by atoms with van der Waals surface area (Å²) in [6.07, 6.45) is 3.05. The van der Waals surface area contributed by atoms with Crippen molar-refractivity contribution in [1.82, 2.24) is 9.29 Å². The van der Waals surface area contributed by atoms with E-state index < -0.39 is 15.9 Å². The van der Waals surface area contributed by atoms with Gasteiger partial charge in [0, 0.05) is 19.7 Å². The van der Waals surface area contributed by atoms with Gasteiger partial charge >= 0.3 is 0 Å². The molecule has 0 spiro atoms. The summed E-state index contributed by atoms with van der Waals surface area (Å²) < 4.78 is 34.5. The number of benzene rings is 2. The molecule has 2 fully saturated rings. The Bertz CT molecular complexity index is 1280. The average molecular weight is 520 g/mol. The number of hydrogen-bond acceptors (Lipinski definition) is 6. The van der Waals surface area contributed by atoms with Gasteiger partial charge in [0.15, 0.2) is 5.13 Å². The number of halogens is 1. The van der Waals surface area contributed by atoms with E-state index in [1.807, 2.05) is 12.1 Å². The topological polar surface area (TPSA) is 79.8 Å². The van der Waals surface area contributed by atoms with Crippen LogP contribution in [0, 0.1) is 5.92 Å². The summed E-state index contributed by atoms with van der Waals surface area (Å²) in [6.45, 7) is 1.65. The second-order valence-corrected chi connectivity index (χ2v) is 12.0. The monoisotopic (exact) mass is 519 g/mol. The third kappa shape index (κ3) is 4.72. The average Bonchev–Trinajstić information content (AvgIpc) is 3.53. The summed E-state index contributed by atoms with van der Waals surface area (Å²) in [7, 11) is -3.66. The van der Waals surface area contributed by atoms with Crippen molar-refractivity contribution in [3.63, 3.8) is 0 Å². The molecule has 2 unspecified atom stereocenters. The van der Waals surface area contributed by atoms with Crippen LogP contribution < -0.4 is 4.90 Å². The zero-order valence-corrected chi connectivity index (χ0v) is 21.0. The van der Waals surface area contributed by atoms with E-state index in [1.165, 1.54) is 15.6 Å². The predicted octanol–water partition coefficient (Wildman–Crippen LogP) is 4.56. The van der Waals surface area contributed by atoms with Gasteiger partial charge in [-0.1, -0.05) is 47.2 Å². The fraction of sp³-hybridized carbons (Fsp3) is 0.417. The first kappa shape index (κ1) is 23.7. The van der Waals surface area contributed by atoms with Crippen molar-refractivity contribution in [2.24, 2.45) is 5.92 Å². The highest BCUT2D eigenvalue weighted by molar-refractivity contribution is 7.89. The Hall–Kier alpha value is -2.04. The zero-order chi connectivity index (χ0) is 23.7. The number of sulfonamides is 1. The SMILES string of the molecule is O=C(C1CCCN(S(=O)(=O)c2ccccc2)C1)N(CC1CCCO1)c1nc2c(Cl)cccc2s1. The van der Waals surface area contributed by atoms with E-state index in [1.54, 1.807) is 41.3 Å². The summed E-state index contributed by atoms with van der Waals surface area (Å²) >= 11 is 7.76. The van der Waals surface area contributed by atoms with Crippen LogP contribution in [0.25, 0.3) is 10.2 Å². The van der Waals surface area contributed by atoms with E-state index in [0.717, 1.165) is 17.5 Å². The Labute approximate surface area is 208 Å². The van der Waals surface area contributed by atoms with E-state index in [9.17, 15) is 13.2 Å². The number of fused-ring (bicyclic) bond motifs is 1. The largest absolute Gasteiger partial charge is 0.376 e. The number of anilines is 1. The Morgan fingerprint density at radius 3 is 2.71 bits per heavy atom. The molecular weight excluding hydrogens is 494 g/mol. The number of carbonyl (C=O) groups is 1. The lowest BCUT2D eigenvalue weighted by molar-refractivity contribution is -0.123. The van der Waals surface area contributed by atoms with Crippen LogP contribution in [-0.2, 0) is 19.6 Å². The van der Waals surface area contributed by atoms with Crippen molar-refractivity contribution in [2.45, 2.75) is 36.7 Å². The zero-order valence-electron chi connectivity index (χ0n) is 18.6. The van der Waals surface area contributed by atoms with Crippen molar-refractivity contribution in [3.05, 3.63) is 53.6 Å². The molecule has 5 rings (SSSR count). The van der Waals surface area contributed by atoms with Crippen LogP contribution in [0.15, 0.2) is 53.4 Å². The van der Waals surface area contributed by atoms with Crippen molar-refractivity contribution in [2.75, 3.05) is 31.1 Å². The predicted molar refractivity (Wildman–Crippen MR) is 134 cm³/mol. The van der Waals surface area contributed by atoms with E-state index in [2.05, 4.69) is 0 Å². The lowest BCUT2D eigenvalue weighted by atomic mass is 9.98. The van der Waals surface area contributed by atoms with Gasteiger partial charge in [-0.2, -0.15) is 4.31 Å². The maximum Gasteiger partial charge on any atom is 0.243 e. The van der Waals surface area contributed by atoms with Gasteiger partial charge < -0.3 is 4.74 Å². The highest BCUT2D eigenvalue weighted by Crippen LogP contribution is 2.35. The summed E-state index contributed by atoms with van der Waals surface area (Å²) in [4.78, 5) is 20.5. The van der Waals surface area contributed by atoms with Gasteiger partial charge in [0.2, 0.25) is 15.9 Å². The first-order valence-corrected chi connectivity index (χ1v) is 14.1. The van der Waals surface area contributed by atoms with Crippen LogP contribution in [0.4, 0.5) is 5.13 Å². The fourth-order valence-electron chi connectivity index (χ4n) is 4.60. The van der Waals surface area contributed by atoms with Crippen molar-refractivity contribution >= 4 is 54.2 Å². The number of rotatable bonds is 6. The third-order valence-electron chi connectivity index (χ3n) is 6.38. The summed E-state index contributed by atoms with van der Waals surface area (Å²) in [6, 6.07) is 14.0. The van der Waals surface area contributed by atoms with Gasteiger partial charge in [-0.15, -0.1) is 0 Å². The van der Waals surface area contributed by atoms with Crippen LogP contribution in [0.5, 0.6) is 0 Å². The molecule has 0 radical (unpaired) electrons. The van der Waals surface area contributed by atoms with E-state index in [-0.39, 0.29) is 23.5 Å². The molecule has 0 bridgehead atoms. The second kappa shape index (κ2) is 9.91. The van der Waals surface area contributed by atoms with Crippen LogP contribution in [0.3, 0.4) is 0 Å². The molecule has 0 N–H and O–H groups in total. The maximum absolute atomic E-state index is 13.8. The molecule has 1 aromatic heterocycles. The van der Waals surface area contributed by atoms with Crippen LogP contribution in [0.1, 0.15) is 25.7 Å². The number of amides is 1. The fourth-order valence-corrected chi connectivity index (χ4v) is 7.42. The molecule has 3 heterocycles. The number of nitrogens with zero attached hydrogens (tertiary/aromatic N) is 3. The smallest absolute Gasteiger partial charge is 0.243 e. The summed E-state index contributed by atoms with van der Waals surface area (Å²) in [5.41, 5.74) is 0.672. The molecule has 1 amide bonds. The lowest BCUT2D eigenvalue weighted by Crippen LogP contribution is -2.48. The van der Waals surface area contributed by atoms with Gasteiger partial charge in [0.05, 0.1) is 33.2 Å². The van der Waals surface area contributed by atoms with Crippen molar-refractivity contribution in [1.29, 1.82) is 0 Å².